The van der Waals surface area contributed by atoms with Crippen LogP contribution in [-0.4, -0.2) is 25.2 Å². The molecule has 0 aliphatic rings. The summed E-state index contributed by atoms with van der Waals surface area (Å²) in [6.45, 7) is 6.40. The van der Waals surface area contributed by atoms with Crippen LogP contribution in [0.5, 0.6) is 0 Å². The Morgan fingerprint density at radius 2 is 1.97 bits per heavy atom. The molecular formula is C24H25N5O2S2. The molecule has 170 valence electrons. The third-order valence-corrected chi connectivity index (χ3v) is 6.30. The van der Waals surface area contributed by atoms with Gasteiger partial charge in [-0.3, -0.25) is 14.6 Å². The molecule has 1 N–H and O–H groups in total. The molecule has 4 aromatic heterocycles. The molecule has 4 rings (SSSR count). The number of carbonyl (C=O) groups excluding carboxylic acids is 1. The zero-order valence-electron chi connectivity index (χ0n) is 18.6. The molecule has 0 aliphatic carbocycles. The maximum atomic E-state index is 13.2. The van der Waals surface area contributed by atoms with Crippen LogP contribution in [-0.2, 0) is 13.1 Å². The number of carbonyl (C=O) groups is 1. The second-order valence-electron chi connectivity index (χ2n) is 8.65. The van der Waals surface area contributed by atoms with E-state index in [2.05, 4.69) is 28.0 Å². The highest BCUT2D eigenvalue weighted by molar-refractivity contribution is 7.82. The smallest absolute Gasteiger partial charge is 0.260 e. The van der Waals surface area contributed by atoms with Crippen LogP contribution in [0.15, 0.2) is 69.9 Å². The average Bonchev–Trinajstić information content (AvgIpc) is 3.39. The number of pyridine rings is 2. The van der Waals surface area contributed by atoms with Crippen LogP contribution in [0, 0.1) is 5.41 Å². The van der Waals surface area contributed by atoms with Crippen molar-refractivity contribution in [1.82, 2.24) is 19.3 Å². The summed E-state index contributed by atoms with van der Waals surface area (Å²) >= 11 is 5.93. The van der Waals surface area contributed by atoms with Crippen LogP contribution in [0.3, 0.4) is 0 Å². The van der Waals surface area contributed by atoms with E-state index >= 15 is 0 Å². The number of rotatable bonds is 6. The SMILES string of the molecule is CC(C)(C)C(=O)n1nc(-c2cccn(Cc3ccccn3)c2=O)cc1NCc1ccc(S)s1. The molecular weight excluding hydrogens is 454 g/mol. The lowest BCUT2D eigenvalue weighted by Crippen LogP contribution is -2.29. The summed E-state index contributed by atoms with van der Waals surface area (Å²) in [5.41, 5.74) is 0.811. The van der Waals surface area contributed by atoms with Crippen molar-refractivity contribution in [2.75, 3.05) is 5.32 Å². The second kappa shape index (κ2) is 9.36. The molecule has 4 aromatic rings. The van der Waals surface area contributed by atoms with Crippen molar-refractivity contribution in [2.24, 2.45) is 5.41 Å². The Labute approximate surface area is 201 Å². The first-order chi connectivity index (χ1) is 15.7. The van der Waals surface area contributed by atoms with Crippen molar-refractivity contribution >= 4 is 35.7 Å². The Bertz CT molecular complexity index is 1330. The molecule has 0 amide bonds. The summed E-state index contributed by atoms with van der Waals surface area (Å²) in [6.07, 6.45) is 3.43. The molecule has 0 bridgehead atoms. The highest BCUT2D eigenvalue weighted by atomic mass is 32.2. The van der Waals surface area contributed by atoms with Gasteiger partial charge in [0.2, 0.25) is 0 Å². The van der Waals surface area contributed by atoms with E-state index in [0.29, 0.717) is 30.2 Å². The third-order valence-electron chi connectivity index (χ3n) is 4.99. The highest BCUT2D eigenvalue weighted by Gasteiger charge is 2.27. The average molecular weight is 480 g/mol. The van der Waals surface area contributed by atoms with Gasteiger partial charge in [0.05, 0.1) is 28.6 Å². The van der Waals surface area contributed by atoms with E-state index in [0.717, 1.165) is 14.8 Å². The molecule has 0 unspecified atom stereocenters. The molecule has 0 saturated carbocycles. The number of nitrogens with one attached hydrogen (secondary N) is 1. The molecule has 0 radical (unpaired) electrons. The lowest BCUT2D eigenvalue weighted by Gasteiger charge is -2.18. The van der Waals surface area contributed by atoms with Gasteiger partial charge in [0, 0.05) is 28.8 Å². The van der Waals surface area contributed by atoms with Gasteiger partial charge in [-0.25, -0.2) is 0 Å². The fourth-order valence-electron chi connectivity index (χ4n) is 3.27. The maximum Gasteiger partial charge on any atom is 0.260 e. The second-order valence-corrected chi connectivity index (χ2v) is 10.6. The first-order valence-electron chi connectivity index (χ1n) is 10.5. The summed E-state index contributed by atoms with van der Waals surface area (Å²) < 4.78 is 3.87. The number of nitrogens with zero attached hydrogens (tertiary/aromatic N) is 4. The zero-order valence-corrected chi connectivity index (χ0v) is 20.4. The Morgan fingerprint density at radius 1 is 1.15 bits per heavy atom. The van der Waals surface area contributed by atoms with Gasteiger partial charge in [0.25, 0.3) is 11.5 Å². The molecule has 0 aromatic carbocycles. The molecule has 0 aliphatic heterocycles. The van der Waals surface area contributed by atoms with Crippen LogP contribution in [0.25, 0.3) is 11.3 Å². The molecule has 33 heavy (non-hydrogen) atoms. The first kappa shape index (κ1) is 23.0. The van der Waals surface area contributed by atoms with Crippen molar-refractivity contribution < 1.29 is 4.79 Å². The Balaban J connectivity index is 1.70. The summed E-state index contributed by atoms with van der Waals surface area (Å²) in [6, 6.07) is 14.8. The number of anilines is 1. The van der Waals surface area contributed by atoms with Crippen LogP contribution in [0.4, 0.5) is 5.82 Å². The number of hydrogen-bond donors (Lipinski definition) is 2. The van der Waals surface area contributed by atoms with E-state index in [4.69, 9.17) is 0 Å². The normalized spacial score (nSPS) is 11.5. The largest absolute Gasteiger partial charge is 0.365 e. The van der Waals surface area contributed by atoms with Crippen LogP contribution >= 0.6 is 24.0 Å². The van der Waals surface area contributed by atoms with Crippen molar-refractivity contribution in [3.63, 3.8) is 0 Å². The van der Waals surface area contributed by atoms with Gasteiger partial charge in [0.1, 0.15) is 11.5 Å². The minimum Gasteiger partial charge on any atom is -0.365 e. The van der Waals surface area contributed by atoms with Gasteiger partial charge in [-0.2, -0.15) is 9.78 Å². The van der Waals surface area contributed by atoms with Crippen molar-refractivity contribution in [3.05, 3.63) is 81.8 Å². The highest BCUT2D eigenvalue weighted by Crippen LogP contribution is 2.26. The van der Waals surface area contributed by atoms with Gasteiger partial charge >= 0.3 is 0 Å². The van der Waals surface area contributed by atoms with Crippen LogP contribution in [0.1, 0.15) is 36.1 Å². The maximum absolute atomic E-state index is 13.2. The topological polar surface area (TPSA) is 81.8 Å². The van der Waals surface area contributed by atoms with Gasteiger partial charge in [-0.05, 0) is 36.4 Å². The first-order valence-corrected chi connectivity index (χ1v) is 11.7. The Hall–Kier alpha value is -3.17. The van der Waals surface area contributed by atoms with E-state index in [9.17, 15) is 9.59 Å². The van der Waals surface area contributed by atoms with Gasteiger partial charge in [-0.15, -0.1) is 24.0 Å². The summed E-state index contributed by atoms with van der Waals surface area (Å²) in [7, 11) is 0. The minimum atomic E-state index is -0.642. The monoisotopic (exact) mass is 479 g/mol. The predicted molar refractivity (Wildman–Crippen MR) is 134 cm³/mol. The third kappa shape index (κ3) is 5.26. The van der Waals surface area contributed by atoms with E-state index in [1.165, 1.54) is 4.68 Å². The molecule has 7 nitrogen and oxygen atoms in total. The summed E-state index contributed by atoms with van der Waals surface area (Å²) in [5.74, 6) is 0.376. The fraction of sp³-hybridized carbons (Fsp3) is 0.250. The number of aromatic nitrogens is 4. The van der Waals surface area contributed by atoms with Crippen LogP contribution in [0.2, 0.25) is 0 Å². The van der Waals surface area contributed by atoms with Gasteiger partial charge in [0.15, 0.2) is 0 Å². The number of thiophene rings is 1. The molecule has 4 heterocycles. The zero-order chi connectivity index (χ0) is 23.6. The van der Waals surface area contributed by atoms with Gasteiger partial charge in [-0.1, -0.05) is 26.8 Å². The van der Waals surface area contributed by atoms with Crippen molar-refractivity contribution in [1.29, 1.82) is 0 Å². The molecule has 0 atom stereocenters. The van der Waals surface area contributed by atoms with E-state index in [1.807, 2.05) is 51.1 Å². The van der Waals surface area contributed by atoms with E-state index in [-0.39, 0.29) is 11.5 Å². The quantitative estimate of drug-likeness (QED) is 0.388. The van der Waals surface area contributed by atoms with E-state index in [1.54, 1.807) is 46.5 Å². The number of thiol groups is 1. The molecule has 0 fully saturated rings. The minimum absolute atomic E-state index is 0.165. The van der Waals surface area contributed by atoms with Crippen molar-refractivity contribution in [3.8, 4) is 11.3 Å². The lowest BCUT2D eigenvalue weighted by molar-refractivity contribution is 0.0752. The van der Waals surface area contributed by atoms with Crippen molar-refractivity contribution in [2.45, 2.75) is 38.1 Å². The molecule has 0 saturated heterocycles. The standard InChI is InChI=1S/C24H25N5O2S2/c1-24(2,3)23(31)29-20(26-14-17-9-10-21(32)33-17)13-19(27-29)18-8-6-12-28(22(18)30)15-16-7-4-5-11-25-16/h4-13,26,32H,14-15H2,1-3H3. The Kier molecular flexibility index (Phi) is 6.53. The summed E-state index contributed by atoms with van der Waals surface area (Å²) in [4.78, 5) is 31.7. The van der Waals surface area contributed by atoms with Gasteiger partial charge < -0.3 is 9.88 Å². The number of hydrogen-bond acceptors (Lipinski definition) is 7. The predicted octanol–water partition coefficient (Wildman–Crippen LogP) is 4.80. The van der Waals surface area contributed by atoms with Crippen LogP contribution < -0.4 is 10.9 Å². The molecule has 0 spiro atoms. The summed E-state index contributed by atoms with van der Waals surface area (Å²) in [5, 5.41) is 7.83. The lowest BCUT2D eigenvalue weighted by atomic mass is 9.96. The fourth-order valence-corrected chi connectivity index (χ4v) is 4.38. The molecule has 9 heteroatoms. The Morgan fingerprint density at radius 3 is 2.64 bits per heavy atom. The van der Waals surface area contributed by atoms with E-state index < -0.39 is 5.41 Å².